The summed E-state index contributed by atoms with van der Waals surface area (Å²) in [5.41, 5.74) is 4.42. The maximum Gasteiger partial charge on any atom is 0.160 e. The largest absolute Gasteiger partial charge is 0.228 e. The molecular formula is C22H17ClN2. The lowest BCUT2D eigenvalue weighted by Crippen LogP contribution is -1.97. The molecule has 3 aromatic rings. The van der Waals surface area contributed by atoms with Gasteiger partial charge in [-0.2, -0.15) is 0 Å². The lowest BCUT2D eigenvalue weighted by Gasteiger charge is -2.09. The zero-order valence-electron chi connectivity index (χ0n) is 13.7. The van der Waals surface area contributed by atoms with Crippen molar-refractivity contribution in [3.63, 3.8) is 0 Å². The fourth-order valence-electron chi connectivity index (χ4n) is 2.49. The summed E-state index contributed by atoms with van der Waals surface area (Å²) in [5.74, 6) is 0.621. The van der Waals surface area contributed by atoms with Crippen molar-refractivity contribution >= 4 is 17.2 Å². The van der Waals surface area contributed by atoms with Crippen LogP contribution in [0.3, 0.4) is 0 Å². The van der Waals surface area contributed by atoms with Crippen LogP contribution in [-0.2, 0) is 0 Å². The van der Waals surface area contributed by atoms with E-state index in [0.29, 0.717) is 10.8 Å². The molecule has 1 aromatic heterocycles. The highest BCUT2D eigenvalue weighted by molar-refractivity contribution is 6.30. The summed E-state index contributed by atoms with van der Waals surface area (Å²) in [6.45, 7) is 7.64. The van der Waals surface area contributed by atoms with Gasteiger partial charge in [-0.25, -0.2) is 9.97 Å². The Morgan fingerprint density at radius 2 is 1.64 bits per heavy atom. The second kappa shape index (κ2) is 7.73. The summed E-state index contributed by atoms with van der Waals surface area (Å²) >= 11 is 6.13. The Kier molecular flexibility index (Phi) is 5.22. The van der Waals surface area contributed by atoms with Crippen LogP contribution in [0.2, 0.25) is 5.02 Å². The van der Waals surface area contributed by atoms with Gasteiger partial charge in [-0.15, -0.1) is 0 Å². The highest BCUT2D eigenvalue weighted by atomic mass is 35.5. The summed E-state index contributed by atoms with van der Waals surface area (Å²) < 4.78 is 0. The Labute approximate surface area is 152 Å². The van der Waals surface area contributed by atoms with Crippen LogP contribution in [0, 0.1) is 0 Å². The zero-order valence-corrected chi connectivity index (χ0v) is 14.4. The molecule has 0 fully saturated rings. The van der Waals surface area contributed by atoms with Gasteiger partial charge in [0.1, 0.15) is 0 Å². The van der Waals surface area contributed by atoms with E-state index in [-0.39, 0.29) is 0 Å². The Hall–Kier alpha value is -2.97. The van der Waals surface area contributed by atoms with E-state index in [1.54, 1.807) is 12.2 Å². The minimum atomic E-state index is 0.621. The number of halogens is 1. The van der Waals surface area contributed by atoms with E-state index in [1.807, 2.05) is 66.7 Å². The smallest absolute Gasteiger partial charge is 0.160 e. The van der Waals surface area contributed by atoms with Gasteiger partial charge in [0.15, 0.2) is 5.82 Å². The SMILES string of the molecule is C=C/C=C(\C=C)c1cc(-c2ccccc2)nc(-c2cccc(Cl)c2)n1. The van der Waals surface area contributed by atoms with Crippen molar-refractivity contribution in [2.24, 2.45) is 0 Å². The molecule has 2 nitrogen and oxygen atoms in total. The molecule has 3 heteroatoms. The lowest BCUT2D eigenvalue weighted by molar-refractivity contribution is 1.16. The first-order valence-electron chi connectivity index (χ1n) is 7.87. The number of rotatable bonds is 5. The van der Waals surface area contributed by atoms with Gasteiger partial charge >= 0.3 is 0 Å². The van der Waals surface area contributed by atoms with Crippen molar-refractivity contribution in [2.45, 2.75) is 0 Å². The van der Waals surface area contributed by atoms with Gasteiger partial charge < -0.3 is 0 Å². The second-order valence-corrected chi connectivity index (χ2v) is 5.84. The molecule has 2 aromatic carbocycles. The van der Waals surface area contributed by atoms with Gasteiger partial charge in [-0.3, -0.25) is 0 Å². The molecule has 3 rings (SSSR count). The standard InChI is InChI=1S/C22H17ClN2/c1-3-9-16(4-2)20-15-21(17-10-6-5-7-11-17)25-22(24-20)18-12-8-13-19(23)14-18/h3-15H,1-2H2/b16-9+. The van der Waals surface area contributed by atoms with E-state index in [1.165, 1.54) is 0 Å². The van der Waals surface area contributed by atoms with E-state index in [2.05, 4.69) is 13.2 Å². The Bertz CT molecular complexity index is 943. The van der Waals surface area contributed by atoms with Crippen molar-refractivity contribution in [3.05, 3.63) is 103 Å². The third-order valence-electron chi connectivity index (χ3n) is 3.69. The molecule has 1 heterocycles. The summed E-state index contributed by atoms with van der Waals surface area (Å²) in [6, 6.07) is 19.5. The van der Waals surface area contributed by atoms with Crippen LogP contribution >= 0.6 is 11.6 Å². The third kappa shape index (κ3) is 3.93. The summed E-state index contributed by atoms with van der Waals surface area (Å²) in [4.78, 5) is 9.44. The summed E-state index contributed by atoms with van der Waals surface area (Å²) in [7, 11) is 0. The first-order chi connectivity index (χ1) is 12.2. The second-order valence-electron chi connectivity index (χ2n) is 5.40. The van der Waals surface area contributed by atoms with E-state index in [4.69, 9.17) is 21.6 Å². The van der Waals surface area contributed by atoms with Gasteiger partial charge in [0.2, 0.25) is 0 Å². The van der Waals surface area contributed by atoms with Crippen LogP contribution in [0.1, 0.15) is 5.69 Å². The molecule has 0 atom stereocenters. The zero-order chi connectivity index (χ0) is 17.6. The molecular weight excluding hydrogens is 328 g/mol. The van der Waals surface area contributed by atoms with Crippen molar-refractivity contribution in [3.8, 4) is 22.6 Å². The molecule has 0 unspecified atom stereocenters. The topological polar surface area (TPSA) is 25.8 Å². The van der Waals surface area contributed by atoms with Crippen LogP contribution in [0.4, 0.5) is 0 Å². The molecule has 122 valence electrons. The van der Waals surface area contributed by atoms with Gasteiger partial charge in [0.05, 0.1) is 11.4 Å². The number of aromatic nitrogens is 2. The maximum atomic E-state index is 6.13. The number of nitrogens with zero attached hydrogens (tertiary/aromatic N) is 2. The molecule has 0 aliphatic carbocycles. The van der Waals surface area contributed by atoms with E-state index in [0.717, 1.165) is 28.1 Å². The van der Waals surface area contributed by atoms with E-state index in [9.17, 15) is 0 Å². The summed E-state index contributed by atoms with van der Waals surface area (Å²) in [5, 5.41) is 0.651. The van der Waals surface area contributed by atoms with Crippen molar-refractivity contribution in [1.82, 2.24) is 9.97 Å². The minimum Gasteiger partial charge on any atom is -0.228 e. The highest BCUT2D eigenvalue weighted by Gasteiger charge is 2.10. The first kappa shape index (κ1) is 16.9. The quantitative estimate of drug-likeness (QED) is 0.513. The fraction of sp³-hybridized carbons (Fsp3) is 0. The normalized spacial score (nSPS) is 11.2. The highest BCUT2D eigenvalue weighted by Crippen LogP contribution is 2.27. The molecule has 0 saturated heterocycles. The summed E-state index contributed by atoms with van der Waals surface area (Å²) in [6.07, 6.45) is 5.37. The van der Waals surface area contributed by atoms with E-state index >= 15 is 0 Å². The fourth-order valence-corrected chi connectivity index (χ4v) is 2.68. The van der Waals surface area contributed by atoms with Crippen LogP contribution in [0.25, 0.3) is 28.2 Å². The molecule has 0 radical (unpaired) electrons. The molecule has 0 bridgehead atoms. The van der Waals surface area contributed by atoms with Crippen LogP contribution in [0.5, 0.6) is 0 Å². The predicted octanol–water partition coefficient (Wildman–Crippen LogP) is 6.22. The monoisotopic (exact) mass is 344 g/mol. The van der Waals surface area contributed by atoms with Gasteiger partial charge in [-0.1, -0.05) is 85.5 Å². The number of benzene rings is 2. The minimum absolute atomic E-state index is 0.621. The molecule has 0 aliphatic rings. The maximum absolute atomic E-state index is 6.13. The van der Waals surface area contributed by atoms with Gasteiger partial charge in [-0.05, 0) is 23.8 Å². The predicted molar refractivity (Wildman–Crippen MR) is 106 cm³/mol. The van der Waals surface area contributed by atoms with E-state index < -0.39 is 0 Å². The van der Waals surface area contributed by atoms with Crippen LogP contribution in [0.15, 0.2) is 92.0 Å². The average molecular weight is 345 g/mol. The average Bonchev–Trinajstić information content (AvgIpc) is 2.66. The molecule has 0 aliphatic heterocycles. The van der Waals surface area contributed by atoms with Crippen molar-refractivity contribution in [1.29, 1.82) is 0 Å². The van der Waals surface area contributed by atoms with Gasteiger partial charge in [0.25, 0.3) is 0 Å². The molecule has 0 amide bonds. The number of hydrogen-bond donors (Lipinski definition) is 0. The Morgan fingerprint density at radius 3 is 2.32 bits per heavy atom. The molecule has 0 saturated carbocycles. The Balaban J connectivity index is 2.23. The van der Waals surface area contributed by atoms with Crippen LogP contribution < -0.4 is 0 Å². The van der Waals surface area contributed by atoms with Crippen molar-refractivity contribution < 1.29 is 0 Å². The lowest BCUT2D eigenvalue weighted by atomic mass is 10.1. The molecule has 0 spiro atoms. The Morgan fingerprint density at radius 1 is 0.880 bits per heavy atom. The third-order valence-corrected chi connectivity index (χ3v) is 3.93. The number of hydrogen-bond acceptors (Lipinski definition) is 2. The van der Waals surface area contributed by atoms with Crippen molar-refractivity contribution in [2.75, 3.05) is 0 Å². The molecule has 25 heavy (non-hydrogen) atoms. The molecule has 0 N–H and O–H groups in total. The van der Waals surface area contributed by atoms with Crippen LogP contribution in [-0.4, -0.2) is 9.97 Å². The first-order valence-corrected chi connectivity index (χ1v) is 8.25. The van der Waals surface area contributed by atoms with Gasteiger partial charge in [0, 0.05) is 16.1 Å². The number of allylic oxidation sites excluding steroid dienone is 4.